The third-order valence-corrected chi connectivity index (χ3v) is 4.37. The molecule has 0 saturated carbocycles. The Morgan fingerprint density at radius 2 is 2.25 bits per heavy atom. The predicted octanol–water partition coefficient (Wildman–Crippen LogP) is 3.34. The van der Waals surface area contributed by atoms with Crippen molar-refractivity contribution in [1.82, 2.24) is 4.57 Å². The van der Waals surface area contributed by atoms with Crippen LogP contribution in [0.25, 0.3) is 10.2 Å². The van der Waals surface area contributed by atoms with Crippen molar-refractivity contribution in [3.05, 3.63) is 27.5 Å². The van der Waals surface area contributed by atoms with Crippen LogP contribution in [0.5, 0.6) is 0 Å². The summed E-state index contributed by atoms with van der Waals surface area (Å²) in [6, 6.07) is 6.08. The molecule has 0 aliphatic rings. The number of hydrogen-bond donors (Lipinski definition) is 0. The van der Waals surface area contributed by atoms with Crippen LogP contribution in [0.1, 0.15) is 20.3 Å². The second-order valence-corrected chi connectivity index (χ2v) is 6.13. The zero-order valence-corrected chi connectivity index (χ0v) is 14.0. The topological polar surface area (TPSA) is 43.6 Å². The van der Waals surface area contributed by atoms with Crippen LogP contribution in [0.2, 0.25) is 0 Å². The standard InChI is InChI=1S/C14H17BrN2O2S/c1-3-13(18)16-14-17(7-8-19-4-2)11-6-5-10(15)9-12(11)20-14/h5-6,9H,3-4,7-8H2,1-2H3. The van der Waals surface area contributed by atoms with Gasteiger partial charge in [0.05, 0.1) is 16.8 Å². The highest BCUT2D eigenvalue weighted by atomic mass is 79.9. The van der Waals surface area contributed by atoms with Gasteiger partial charge in [0.2, 0.25) is 5.91 Å². The molecule has 0 saturated heterocycles. The van der Waals surface area contributed by atoms with Crippen molar-refractivity contribution in [3.8, 4) is 0 Å². The average molecular weight is 357 g/mol. The van der Waals surface area contributed by atoms with E-state index in [1.54, 1.807) is 0 Å². The summed E-state index contributed by atoms with van der Waals surface area (Å²) in [5.74, 6) is -0.0965. The molecule has 0 atom stereocenters. The molecule has 6 heteroatoms. The lowest BCUT2D eigenvalue weighted by Gasteiger charge is -2.05. The molecule has 0 bridgehead atoms. The number of rotatable bonds is 5. The molecule has 108 valence electrons. The normalized spacial score (nSPS) is 12.2. The second kappa shape index (κ2) is 7.15. The van der Waals surface area contributed by atoms with Gasteiger partial charge in [-0.3, -0.25) is 4.79 Å². The fourth-order valence-corrected chi connectivity index (χ4v) is 3.46. The van der Waals surface area contributed by atoms with Gasteiger partial charge in [0.15, 0.2) is 4.80 Å². The van der Waals surface area contributed by atoms with E-state index in [2.05, 4.69) is 25.5 Å². The average Bonchev–Trinajstić information content (AvgIpc) is 2.75. The van der Waals surface area contributed by atoms with Gasteiger partial charge in [-0.15, -0.1) is 0 Å². The van der Waals surface area contributed by atoms with Crippen LogP contribution in [0.15, 0.2) is 27.7 Å². The Morgan fingerprint density at radius 3 is 2.95 bits per heavy atom. The summed E-state index contributed by atoms with van der Waals surface area (Å²) in [6.45, 7) is 5.80. The maximum atomic E-state index is 11.6. The number of aromatic nitrogens is 1. The van der Waals surface area contributed by atoms with E-state index in [1.165, 1.54) is 11.3 Å². The fourth-order valence-electron chi connectivity index (χ4n) is 1.83. The minimum absolute atomic E-state index is 0.0965. The number of fused-ring (bicyclic) bond motifs is 1. The number of hydrogen-bond acceptors (Lipinski definition) is 3. The van der Waals surface area contributed by atoms with E-state index in [1.807, 2.05) is 32.0 Å². The van der Waals surface area contributed by atoms with Gasteiger partial charge in [-0.05, 0) is 25.1 Å². The van der Waals surface area contributed by atoms with Gasteiger partial charge < -0.3 is 9.30 Å². The van der Waals surface area contributed by atoms with Crippen LogP contribution in [0.4, 0.5) is 0 Å². The van der Waals surface area contributed by atoms with Gasteiger partial charge in [-0.2, -0.15) is 4.99 Å². The highest BCUT2D eigenvalue weighted by molar-refractivity contribution is 9.10. The van der Waals surface area contributed by atoms with Gasteiger partial charge in [0.1, 0.15) is 0 Å². The zero-order valence-electron chi connectivity index (χ0n) is 11.6. The van der Waals surface area contributed by atoms with Crippen molar-refractivity contribution in [2.24, 2.45) is 4.99 Å². The Bertz CT molecular complexity index is 675. The van der Waals surface area contributed by atoms with E-state index >= 15 is 0 Å². The molecular formula is C14H17BrN2O2S. The molecule has 0 radical (unpaired) electrons. The van der Waals surface area contributed by atoms with Gasteiger partial charge in [-0.25, -0.2) is 0 Å². The van der Waals surface area contributed by atoms with E-state index in [9.17, 15) is 4.79 Å². The second-order valence-electron chi connectivity index (χ2n) is 4.20. The van der Waals surface area contributed by atoms with E-state index in [-0.39, 0.29) is 5.91 Å². The summed E-state index contributed by atoms with van der Waals surface area (Å²) in [5, 5.41) is 0. The molecule has 1 heterocycles. The Morgan fingerprint density at radius 1 is 1.45 bits per heavy atom. The smallest absolute Gasteiger partial charge is 0.248 e. The highest BCUT2D eigenvalue weighted by Crippen LogP contribution is 2.22. The van der Waals surface area contributed by atoms with Crippen molar-refractivity contribution in [1.29, 1.82) is 0 Å². The molecule has 0 fully saturated rings. The van der Waals surface area contributed by atoms with E-state index < -0.39 is 0 Å². The van der Waals surface area contributed by atoms with Crippen LogP contribution in [-0.4, -0.2) is 23.7 Å². The lowest BCUT2D eigenvalue weighted by Crippen LogP contribution is -2.19. The molecule has 0 aliphatic heterocycles. The Balaban J connectivity index is 2.50. The third kappa shape index (κ3) is 3.56. The summed E-state index contributed by atoms with van der Waals surface area (Å²) in [7, 11) is 0. The van der Waals surface area contributed by atoms with Gasteiger partial charge in [-0.1, -0.05) is 34.2 Å². The lowest BCUT2D eigenvalue weighted by atomic mass is 10.3. The predicted molar refractivity (Wildman–Crippen MR) is 84.9 cm³/mol. The molecule has 2 aromatic rings. The maximum Gasteiger partial charge on any atom is 0.248 e. The van der Waals surface area contributed by atoms with E-state index in [0.717, 1.165) is 19.5 Å². The molecule has 1 aromatic heterocycles. The number of halogens is 1. The molecule has 2 rings (SSSR count). The van der Waals surface area contributed by atoms with Crippen molar-refractivity contribution in [2.75, 3.05) is 13.2 Å². The highest BCUT2D eigenvalue weighted by Gasteiger charge is 2.07. The molecule has 0 N–H and O–H groups in total. The maximum absolute atomic E-state index is 11.6. The Kier molecular flexibility index (Phi) is 5.51. The minimum Gasteiger partial charge on any atom is -0.380 e. The first-order chi connectivity index (χ1) is 9.65. The summed E-state index contributed by atoms with van der Waals surface area (Å²) in [5.41, 5.74) is 1.08. The van der Waals surface area contributed by atoms with Crippen molar-refractivity contribution in [3.63, 3.8) is 0 Å². The molecule has 1 amide bonds. The largest absolute Gasteiger partial charge is 0.380 e. The lowest BCUT2D eigenvalue weighted by molar-refractivity contribution is -0.117. The number of nitrogens with zero attached hydrogens (tertiary/aromatic N) is 2. The Labute approximate surface area is 130 Å². The fraction of sp³-hybridized carbons (Fsp3) is 0.429. The van der Waals surface area contributed by atoms with Gasteiger partial charge in [0.25, 0.3) is 0 Å². The van der Waals surface area contributed by atoms with Crippen LogP contribution in [0.3, 0.4) is 0 Å². The van der Waals surface area contributed by atoms with E-state index in [4.69, 9.17) is 4.74 Å². The minimum atomic E-state index is -0.0965. The third-order valence-electron chi connectivity index (χ3n) is 2.83. The monoisotopic (exact) mass is 356 g/mol. The SMILES string of the molecule is CCOCCn1c(=NC(=O)CC)sc2cc(Br)ccc21. The first-order valence-corrected chi connectivity index (χ1v) is 8.20. The first-order valence-electron chi connectivity index (χ1n) is 6.60. The molecule has 20 heavy (non-hydrogen) atoms. The van der Waals surface area contributed by atoms with Crippen LogP contribution >= 0.6 is 27.3 Å². The quantitative estimate of drug-likeness (QED) is 0.771. The molecule has 4 nitrogen and oxygen atoms in total. The van der Waals surface area contributed by atoms with Crippen molar-refractivity contribution < 1.29 is 9.53 Å². The number of ether oxygens (including phenoxy) is 1. The number of carbonyl (C=O) groups is 1. The number of amides is 1. The molecule has 0 aliphatic carbocycles. The first kappa shape index (κ1) is 15.4. The van der Waals surface area contributed by atoms with Crippen molar-refractivity contribution >= 4 is 43.4 Å². The summed E-state index contributed by atoms with van der Waals surface area (Å²) >= 11 is 5.00. The van der Waals surface area contributed by atoms with Crippen LogP contribution < -0.4 is 4.80 Å². The van der Waals surface area contributed by atoms with Gasteiger partial charge in [0, 0.05) is 24.0 Å². The number of carbonyl (C=O) groups excluding carboxylic acids is 1. The molecule has 0 spiro atoms. The Hall–Kier alpha value is -0.980. The molecule has 0 unspecified atom stereocenters. The molecule has 1 aromatic carbocycles. The van der Waals surface area contributed by atoms with Crippen LogP contribution in [-0.2, 0) is 16.1 Å². The van der Waals surface area contributed by atoms with E-state index in [0.29, 0.717) is 26.2 Å². The van der Waals surface area contributed by atoms with Crippen molar-refractivity contribution in [2.45, 2.75) is 26.8 Å². The summed E-state index contributed by atoms with van der Waals surface area (Å²) < 4.78 is 9.60. The van der Waals surface area contributed by atoms with Gasteiger partial charge >= 0.3 is 0 Å². The number of benzene rings is 1. The summed E-state index contributed by atoms with van der Waals surface area (Å²) in [6.07, 6.45) is 0.420. The summed E-state index contributed by atoms with van der Waals surface area (Å²) in [4.78, 5) is 16.5. The van der Waals surface area contributed by atoms with Crippen LogP contribution in [0, 0.1) is 0 Å². The molecular weight excluding hydrogens is 340 g/mol. The zero-order chi connectivity index (χ0) is 14.5. The number of thiazole rings is 1.